The van der Waals surface area contributed by atoms with E-state index in [1.165, 1.54) is 19.1 Å². The monoisotopic (exact) mass is 705 g/mol. The Morgan fingerprint density at radius 1 is 0.800 bits per heavy atom. The molecule has 1 spiro atoms. The first-order chi connectivity index (χ1) is 24.0. The number of ether oxygens (including phenoxy) is 3. The van der Waals surface area contributed by atoms with E-state index < -0.39 is 51.4 Å². The lowest BCUT2D eigenvalue weighted by Gasteiger charge is -2.26. The lowest BCUT2D eigenvalue weighted by Crippen LogP contribution is -2.59. The molecule has 0 aromatic heterocycles. The van der Waals surface area contributed by atoms with Crippen LogP contribution in [0.3, 0.4) is 0 Å². The number of para-hydroxylation sites is 1. The molecule has 7 rings (SSSR count). The fourth-order valence-electron chi connectivity index (χ4n) is 5.75. The van der Waals surface area contributed by atoms with Gasteiger partial charge in [0.15, 0.2) is 11.5 Å². The molecule has 4 amide bonds. The van der Waals surface area contributed by atoms with Crippen molar-refractivity contribution in [2.75, 3.05) is 26.4 Å². The summed E-state index contributed by atoms with van der Waals surface area (Å²) in [5, 5.41) is 11.0. The third-order valence-electron chi connectivity index (χ3n) is 8.67. The van der Waals surface area contributed by atoms with Crippen LogP contribution in [0.5, 0.6) is 17.2 Å². The molecule has 5 N–H and O–H groups in total. The molecule has 0 radical (unpaired) electrons. The summed E-state index contributed by atoms with van der Waals surface area (Å²) in [7, 11) is -4.35. The third kappa shape index (κ3) is 8.17. The maximum atomic E-state index is 13.8. The SMILES string of the molecule is C[C@@H]1NC(=O)[C@@H](NS(=O)(=O)c2cccc3c2OCCO3)Cc2ccc(cc2)OCCNC(=O)C2(CC2)NC(=O)[C@@H](Cc2ccccc2)NC1=O. The van der Waals surface area contributed by atoms with E-state index in [-0.39, 0.29) is 61.5 Å². The quantitative estimate of drug-likeness (QED) is 0.239. The van der Waals surface area contributed by atoms with E-state index >= 15 is 0 Å². The first kappa shape index (κ1) is 34.7. The Morgan fingerprint density at radius 3 is 2.28 bits per heavy atom. The van der Waals surface area contributed by atoms with E-state index in [0.29, 0.717) is 24.2 Å². The number of carbonyl (C=O) groups is 4. The van der Waals surface area contributed by atoms with Crippen LogP contribution in [0.4, 0.5) is 0 Å². The van der Waals surface area contributed by atoms with Gasteiger partial charge in [0.2, 0.25) is 33.7 Å². The minimum atomic E-state index is -4.35. The van der Waals surface area contributed by atoms with Crippen molar-refractivity contribution < 1.29 is 41.8 Å². The van der Waals surface area contributed by atoms with Gasteiger partial charge in [-0.1, -0.05) is 48.5 Å². The summed E-state index contributed by atoms with van der Waals surface area (Å²) >= 11 is 0. The van der Waals surface area contributed by atoms with E-state index in [1.807, 2.05) is 18.2 Å². The van der Waals surface area contributed by atoms with Gasteiger partial charge < -0.3 is 35.5 Å². The molecule has 3 heterocycles. The zero-order valence-electron chi connectivity index (χ0n) is 27.4. The van der Waals surface area contributed by atoms with Crippen LogP contribution in [-0.2, 0) is 42.0 Å². The zero-order valence-corrected chi connectivity index (χ0v) is 28.2. The summed E-state index contributed by atoms with van der Waals surface area (Å²) in [6.07, 6.45) is 0.917. The van der Waals surface area contributed by atoms with Crippen molar-refractivity contribution >= 4 is 33.7 Å². The highest BCUT2D eigenvalue weighted by Gasteiger charge is 2.51. The van der Waals surface area contributed by atoms with Gasteiger partial charge >= 0.3 is 0 Å². The maximum absolute atomic E-state index is 13.8. The summed E-state index contributed by atoms with van der Waals surface area (Å²) in [5.74, 6) is -1.54. The molecule has 3 aromatic rings. The summed E-state index contributed by atoms with van der Waals surface area (Å²) < 4.78 is 46.9. The molecule has 0 unspecified atom stereocenters. The maximum Gasteiger partial charge on any atom is 0.245 e. The van der Waals surface area contributed by atoms with Crippen LogP contribution in [-0.4, -0.2) is 82.1 Å². The first-order valence-electron chi connectivity index (χ1n) is 16.4. The number of sulfonamides is 1. The molecule has 264 valence electrons. The standard InChI is InChI=1S/C35H39N5O9S/c1-22-31(41)38-26(20-23-6-3-2-4-7-23)33(43)39-35(14-15-35)34(44)36-16-17-47-25-12-10-24(11-13-25)21-27(32(42)37-22)40-50(45,46)29-9-5-8-28-30(29)49-19-18-48-28/h2-13,22,26-27,40H,14-21H2,1H3,(H,36,44)(H,37,42)(H,38,41)(H,39,43)/t22-,26+,27-/m0/s1. The van der Waals surface area contributed by atoms with Crippen molar-refractivity contribution in [3.05, 3.63) is 83.9 Å². The van der Waals surface area contributed by atoms with Gasteiger partial charge in [0, 0.05) is 6.42 Å². The molecule has 4 aliphatic rings. The second-order valence-corrected chi connectivity index (χ2v) is 14.1. The smallest absolute Gasteiger partial charge is 0.245 e. The number of benzene rings is 3. The van der Waals surface area contributed by atoms with Crippen molar-refractivity contribution in [1.29, 1.82) is 0 Å². The fraction of sp³-hybridized carbons (Fsp3) is 0.371. The molecule has 1 aliphatic carbocycles. The second kappa shape index (κ2) is 14.8. The van der Waals surface area contributed by atoms with Crippen LogP contribution in [0, 0.1) is 0 Å². The molecule has 2 bridgehead atoms. The molecule has 1 fully saturated rings. The minimum Gasteiger partial charge on any atom is -0.492 e. The van der Waals surface area contributed by atoms with E-state index in [1.54, 1.807) is 42.5 Å². The predicted octanol–water partition coefficient (Wildman–Crippen LogP) is 0.737. The van der Waals surface area contributed by atoms with Crippen molar-refractivity contribution in [3.8, 4) is 17.2 Å². The van der Waals surface area contributed by atoms with E-state index in [4.69, 9.17) is 14.2 Å². The molecule has 3 aliphatic heterocycles. The number of amides is 4. The number of hydrogen-bond donors (Lipinski definition) is 5. The Balaban J connectivity index is 1.27. The van der Waals surface area contributed by atoms with Gasteiger partial charge in [-0.05, 0) is 61.6 Å². The van der Waals surface area contributed by atoms with Crippen LogP contribution in [0.15, 0.2) is 77.7 Å². The number of carbonyl (C=O) groups excluding carboxylic acids is 4. The minimum absolute atomic E-state index is 0.0414. The number of rotatable bonds is 5. The lowest BCUT2D eigenvalue weighted by molar-refractivity contribution is -0.134. The highest BCUT2D eigenvalue weighted by Crippen LogP contribution is 2.37. The van der Waals surface area contributed by atoms with Crippen LogP contribution in [0.2, 0.25) is 0 Å². The summed E-state index contributed by atoms with van der Waals surface area (Å²) in [4.78, 5) is 53.8. The van der Waals surface area contributed by atoms with Gasteiger partial charge in [0.05, 0.1) is 6.54 Å². The van der Waals surface area contributed by atoms with E-state index in [2.05, 4.69) is 26.0 Å². The Kier molecular flexibility index (Phi) is 10.2. The van der Waals surface area contributed by atoms with Crippen LogP contribution in [0.25, 0.3) is 0 Å². The molecular formula is C35H39N5O9S. The Labute approximate surface area is 289 Å². The third-order valence-corrected chi connectivity index (χ3v) is 10.2. The lowest BCUT2D eigenvalue weighted by atomic mass is 10.0. The summed E-state index contributed by atoms with van der Waals surface area (Å²) in [5.41, 5.74) is 0.270. The molecule has 1 saturated carbocycles. The van der Waals surface area contributed by atoms with Crippen molar-refractivity contribution in [3.63, 3.8) is 0 Å². The summed E-state index contributed by atoms with van der Waals surface area (Å²) in [6.45, 7) is 2.18. The average molecular weight is 706 g/mol. The highest BCUT2D eigenvalue weighted by atomic mass is 32.2. The van der Waals surface area contributed by atoms with Gasteiger partial charge in [-0.25, -0.2) is 8.42 Å². The highest BCUT2D eigenvalue weighted by molar-refractivity contribution is 7.89. The predicted molar refractivity (Wildman–Crippen MR) is 180 cm³/mol. The topological polar surface area (TPSA) is 190 Å². The number of nitrogens with one attached hydrogen (secondary N) is 5. The average Bonchev–Trinajstić information content (AvgIpc) is 3.90. The Bertz CT molecular complexity index is 1850. The normalized spacial score (nSPS) is 22.7. The van der Waals surface area contributed by atoms with Crippen molar-refractivity contribution in [1.82, 2.24) is 26.0 Å². The van der Waals surface area contributed by atoms with Crippen molar-refractivity contribution in [2.24, 2.45) is 0 Å². The number of hydrogen-bond acceptors (Lipinski definition) is 9. The molecular weight excluding hydrogens is 666 g/mol. The molecule has 3 aromatic carbocycles. The fourth-order valence-corrected chi connectivity index (χ4v) is 7.10. The second-order valence-electron chi connectivity index (χ2n) is 12.5. The Hall–Kier alpha value is -5.15. The zero-order chi connectivity index (χ0) is 35.3. The molecule has 0 saturated heterocycles. The number of fused-ring (bicyclic) bond motifs is 16. The van der Waals surface area contributed by atoms with Gasteiger partial charge in [-0.2, -0.15) is 4.72 Å². The van der Waals surface area contributed by atoms with Crippen molar-refractivity contribution in [2.45, 2.75) is 61.2 Å². The van der Waals surface area contributed by atoms with Gasteiger partial charge in [-0.15, -0.1) is 0 Å². The summed E-state index contributed by atoms with van der Waals surface area (Å²) in [6, 6.07) is 16.6. The molecule has 3 atom stereocenters. The molecule has 14 nitrogen and oxygen atoms in total. The first-order valence-corrected chi connectivity index (χ1v) is 17.9. The molecule has 50 heavy (non-hydrogen) atoms. The van der Waals surface area contributed by atoms with Crippen LogP contribution in [0.1, 0.15) is 30.9 Å². The Morgan fingerprint density at radius 2 is 1.54 bits per heavy atom. The van der Waals surface area contributed by atoms with Crippen LogP contribution >= 0.6 is 0 Å². The van der Waals surface area contributed by atoms with E-state index in [9.17, 15) is 27.6 Å². The largest absolute Gasteiger partial charge is 0.492 e. The van der Waals surface area contributed by atoms with Gasteiger partial charge in [0.25, 0.3) is 0 Å². The van der Waals surface area contributed by atoms with Gasteiger partial charge in [0.1, 0.15) is 54.1 Å². The van der Waals surface area contributed by atoms with E-state index in [0.717, 1.165) is 5.56 Å². The molecule has 15 heteroatoms. The van der Waals surface area contributed by atoms with Crippen LogP contribution < -0.4 is 40.2 Å². The van der Waals surface area contributed by atoms with Gasteiger partial charge in [-0.3, -0.25) is 19.2 Å².